The van der Waals surface area contributed by atoms with Crippen molar-refractivity contribution >= 4 is 11.7 Å². The average molecular weight is 253 g/mol. The van der Waals surface area contributed by atoms with Crippen molar-refractivity contribution in [3.05, 3.63) is 29.6 Å². The van der Waals surface area contributed by atoms with Gasteiger partial charge in [-0.1, -0.05) is 27.7 Å². The van der Waals surface area contributed by atoms with Gasteiger partial charge in [-0.3, -0.25) is 0 Å². The van der Waals surface area contributed by atoms with E-state index in [1.807, 2.05) is 0 Å². The molecule has 0 aliphatic rings. The van der Waals surface area contributed by atoms with E-state index in [9.17, 15) is 9.18 Å². The van der Waals surface area contributed by atoms with E-state index in [-0.39, 0.29) is 11.0 Å². The van der Waals surface area contributed by atoms with E-state index in [1.165, 1.54) is 12.1 Å². The van der Waals surface area contributed by atoms with Gasteiger partial charge in [0.25, 0.3) is 0 Å². The normalized spacial score (nSPS) is 11.7. The van der Waals surface area contributed by atoms with Gasteiger partial charge in [0.05, 0.1) is 11.3 Å². The summed E-state index contributed by atoms with van der Waals surface area (Å²) in [6.07, 6.45) is 0. The maximum atomic E-state index is 13.7. The topological polar surface area (TPSA) is 49.3 Å². The third kappa shape index (κ3) is 3.45. The Kier molecular flexibility index (Phi) is 4.33. The van der Waals surface area contributed by atoms with Crippen LogP contribution in [0.5, 0.6) is 0 Å². The molecule has 2 N–H and O–H groups in total. The Bertz CT molecular complexity index is 441. The number of hydrogen-bond acceptors (Lipinski definition) is 2. The van der Waals surface area contributed by atoms with Gasteiger partial charge in [0.1, 0.15) is 5.82 Å². The Balaban J connectivity index is 2.78. The second-order valence-corrected chi connectivity index (χ2v) is 5.50. The van der Waals surface area contributed by atoms with Crippen LogP contribution in [-0.2, 0) is 0 Å². The Hall–Kier alpha value is -1.58. The summed E-state index contributed by atoms with van der Waals surface area (Å²) in [5.74, 6) is -1.19. The van der Waals surface area contributed by atoms with Gasteiger partial charge in [-0.2, -0.15) is 0 Å². The Morgan fingerprint density at radius 1 is 1.44 bits per heavy atom. The van der Waals surface area contributed by atoms with Crippen LogP contribution in [0.25, 0.3) is 0 Å². The number of halogens is 1. The molecule has 0 atom stereocenters. The molecule has 1 aromatic rings. The van der Waals surface area contributed by atoms with Crippen molar-refractivity contribution in [3.8, 4) is 0 Å². The van der Waals surface area contributed by atoms with E-state index in [0.717, 1.165) is 6.07 Å². The van der Waals surface area contributed by atoms with Gasteiger partial charge in [-0.25, -0.2) is 9.18 Å². The summed E-state index contributed by atoms with van der Waals surface area (Å²) >= 11 is 0. The van der Waals surface area contributed by atoms with Crippen LogP contribution < -0.4 is 5.32 Å². The lowest BCUT2D eigenvalue weighted by molar-refractivity contribution is 0.0696. The highest BCUT2D eigenvalue weighted by Crippen LogP contribution is 2.27. The molecule has 100 valence electrons. The number of benzene rings is 1. The maximum Gasteiger partial charge on any atom is 0.335 e. The number of carbonyl (C=O) groups is 1. The molecule has 1 aromatic carbocycles. The molecule has 0 unspecified atom stereocenters. The molecule has 4 heteroatoms. The molecule has 0 amide bonds. The van der Waals surface area contributed by atoms with Crippen LogP contribution in [-0.4, -0.2) is 17.6 Å². The first-order chi connectivity index (χ1) is 8.24. The largest absolute Gasteiger partial charge is 0.478 e. The molecule has 0 saturated carbocycles. The summed E-state index contributed by atoms with van der Waals surface area (Å²) in [6, 6.07) is 3.90. The van der Waals surface area contributed by atoms with Crippen LogP contribution in [0.1, 0.15) is 38.1 Å². The van der Waals surface area contributed by atoms with Crippen molar-refractivity contribution in [2.24, 2.45) is 11.3 Å². The number of rotatable bonds is 5. The standard InChI is InChI=1S/C14H20FNO2/c1-9(2)14(3,4)8-16-12-6-5-10(13(17)18)7-11(12)15/h5-7,9,16H,8H2,1-4H3,(H,17,18). The molecule has 1 rings (SSSR count). The first kappa shape index (κ1) is 14.5. The second kappa shape index (κ2) is 5.38. The lowest BCUT2D eigenvalue weighted by atomic mass is 9.81. The zero-order valence-electron chi connectivity index (χ0n) is 11.2. The van der Waals surface area contributed by atoms with Crippen molar-refractivity contribution in [2.45, 2.75) is 27.7 Å². The Morgan fingerprint density at radius 2 is 2.06 bits per heavy atom. The van der Waals surface area contributed by atoms with Gasteiger partial charge >= 0.3 is 5.97 Å². The van der Waals surface area contributed by atoms with Gasteiger partial charge in [0, 0.05) is 6.54 Å². The zero-order valence-corrected chi connectivity index (χ0v) is 11.2. The Labute approximate surface area is 107 Å². The summed E-state index contributed by atoms with van der Waals surface area (Å²) in [6.45, 7) is 9.08. The maximum absolute atomic E-state index is 13.7. The molecule has 0 fully saturated rings. The molecule has 3 nitrogen and oxygen atoms in total. The summed E-state index contributed by atoms with van der Waals surface area (Å²) < 4.78 is 13.7. The molecule has 0 saturated heterocycles. The smallest absolute Gasteiger partial charge is 0.335 e. The third-order valence-corrected chi connectivity index (χ3v) is 3.51. The van der Waals surface area contributed by atoms with Crippen LogP contribution in [0, 0.1) is 17.2 Å². The van der Waals surface area contributed by atoms with E-state index < -0.39 is 11.8 Å². The predicted octanol–water partition coefficient (Wildman–Crippen LogP) is 3.62. The number of carboxylic acid groups (broad SMARTS) is 1. The SMILES string of the molecule is CC(C)C(C)(C)CNc1ccc(C(=O)O)cc1F. The van der Waals surface area contributed by atoms with Crippen molar-refractivity contribution < 1.29 is 14.3 Å². The number of hydrogen-bond donors (Lipinski definition) is 2. The quantitative estimate of drug-likeness (QED) is 0.842. The summed E-state index contributed by atoms with van der Waals surface area (Å²) in [5, 5.41) is 11.8. The lowest BCUT2D eigenvalue weighted by Gasteiger charge is -2.30. The first-order valence-corrected chi connectivity index (χ1v) is 6.01. The lowest BCUT2D eigenvalue weighted by Crippen LogP contribution is -2.28. The third-order valence-electron chi connectivity index (χ3n) is 3.51. The number of carboxylic acids is 1. The average Bonchev–Trinajstić information content (AvgIpc) is 2.26. The molecule has 0 aliphatic heterocycles. The highest BCUT2D eigenvalue weighted by atomic mass is 19.1. The van der Waals surface area contributed by atoms with Gasteiger partial charge in [0.2, 0.25) is 0 Å². The minimum absolute atomic E-state index is 0.0396. The van der Waals surface area contributed by atoms with Crippen LogP contribution in [0.2, 0.25) is 0 Å². The van der Waals surface area contributed by atoms with Crippen molar-refractivity contribution in [3.63, 3.8) is 0 Å². The fourth-order valence-corrected chi connectivity index (χ4v) is 1.32. The van der Waals surface area contributed by atoms with Crippen LogP contribution >= 0.6 is 0 Å². The monoisotopic (exact) mass is 253 g/mol. The molecular formula is C14H20FNO2. The van der Waals surface area contributed by atoms with E-state index in [2.05, 4.69) is 33.0 Å². The van der Waals surface area contributed by atoms with Gasteiger partial charge in [-0.15, -0.1) is 0 Å². The first-order valence-electron chi connectivity index (χ1n) is 6.01. The van der Waals surface area contributed by atoms with E-state index in [4.69, 9.17) is 5.11 Å². The number of nitrogens with one attached hydrogen (secondary N) is 1. The van der Waals surface area contributed by atoms with Crippen LogP contribution in [0.4, 0.5) is 10.1 Å². The van der Waals surface area contributed by atoms with E-state index in [1.54, 1.807) is 0 Å². The minimum Gasteiger partial charge on any atom is -0.478 e. The van der Waals surface area contributed by atoms with Crippen LogP contribution in [0.3, 0.4) is 0 Å². The minimum atomic E-state index is -1.12. The highest BCUT2D eigenvalue weighted by Gasteiger charge is 2.22. The zero-order chi connectivity index (χ0) is 13.9. The van der Waals surface area contributed by atoms with Gasteiger partial charge < -0.3 is 10.4 Å². The second-order valence-electron chi connectivity index (χ2n) is 5.50. The highest BCUT2D eigenvalue weighted by molar-refractivity contribution is 5.88. The number of anilines is 1. The molecule has 0 aliphatic carbocycles. The van der Waals surface area contributed by atoms with Crippen molar-refractivity contribution in [1.29, 1.82) is 0 Å². The fourth-order valence-electron chi connectivity index (χ4n) is 1.32. The Morgan fingerprint density at radius 3 is 2.50 bits per heavy atom. The van der Waals surface area contributed by atoms with Crippen LogP contribution in [0.15, 0.2) is 18.2 Å². The molecule has 0 heterocycles. The molecule has 0 aromatic heterocycles. The van der Waals surface area contributed by atoms with E-state index >= 15 is 0 Å². The molecule has 18 heavy (non-hydrogen) atoms. The molecule has 0 spiro atoms. The summed E-state index contributed by atoms with van der Waals surface area (Å²) in [5.41, 5.74) is 0.340. The van der Waals surface area contributed by atoms with Crippen molar-refractivity contribution in [2.75, 3.05) is 11.9 Å². The fraction of sp³-hybridized carbons (Fsp3) is 0.500. The van der Waals surface area contributed by atoms with Gasteiger partial charge in [-0.05, 0) is 29.5 Å². The molecule has 0 bridgehead atoms. The molecule has 0 radical (unpaired) electrons. The summed E-state index contributed by atoms with van der Waals surface area (Å²) in [4.78, 5) is 10.7. The predicted molar refractivity (Wildman–Crippen MR) is 70.5 cm³/mol. The summed E-state index contributed by atoms with van der Waals surface area (Å²) in [7, 11) is 0. The van der Waals surface area contributed by atoms with Gasteiger partial charge in [0.15, 0.2) is 0 Å². The van der Waals surface area contributed by atoms with Crippen molar-refractivity contribution in [1.82, 2.24) is 0 Å². The molecular weight excluding hydrogens is 233 g/mol. The number of aromatic carboxylic acids is 1. The van der Waals surface area contributed by atoms with E-state index in [0.29, 0.717) is 18.2 Å².